The van der Waals surface area contributed by atoms with Crippen LogP contribution in [0, 0.1) is 5.41 Å². The Hall–Kier alpha value is -3.94. The monoisotopic (exact) mass is 406 g/mol. The van der Waals surface area contributed by atoms with E-state index in [1.807, 2.05) is 24.3 Å². The number of hydrogen-bond donors (Lipinski definition) is 3. The van der Waals surface area contributed by atoms with Crippen LogP contribution in [0.5, 0.6) is 0 Å². The molecule has 3 aromatic rings. The minimum absolute atomic E-state index is 0.0373. The van der Waals surface area contributed by atoms with Gasteiger partial charge in [0.2, 0.25) is 0 Å². The van der Waals surface area contributed by atoms with E-state index < -0.39 is 5.97 Å². The number of aromatic amines is 1. The quantitative estimate of drug-likeness (QED) is 0.314. The summed E-state index contributed by atoms with van der Waals surface area (Å²) in [7, 11) is 2.68. The van der Waals surface area contributed by atoms with Gasteiger partial charge in [0.25, 0.3) is 0 Å². The molecule has 154 valence electrons. The van der Waals surface area contributed by atoms with Crippen LogP contribution in [0.15, 0.2) is 48.5 Å². The maximum Gasteiger partial charge on any atom is 0.342 e. The van der Waals surface area contributed by atoms with Crippen molar-refractivity contribution in [1.29, 1.82) is 5.41 Å². The van der Waals surface area contributed by atoms with Gasteiger partial charge in [-0.25, -0.2) is 4.79 Å². The Morgan fingerprint density at radius 2 is 1.63 bits per heavy atom. The van der Waals surface area contributed by atoms with Crippen molar-refractivity contribution in [2.45, 2.75) is 12.8 Å². The predicted molar refractivity (Wildman–Crippen MR) is 112 cm³/mol. The van der Waals surface area contributed by atoms with Crippen molar-refractivity contribution < 1.29 is 19.1 Å². The Labute approximate surface area is 173 Å². The maximum absolute atomic E-state index is 12.5. The molecule has 8 nitrogen and oxygen atoms in total. The first-order valence-electron chi connectivity index (χ1n) is 9.22. The number of aromatic nitrogens is 2. The van der Waals surface area contributed by atoms with Gasteiger partial charge in [0, 0.05) is 23.1 Å². The molecule has 0 amide bonds. The van der Waals surface area contributed by atoms with Gasteiger partial charge in [0.1, 0.15) is 17.1 Å². The van der Waals surface area contributed by atoms with Crippen molar-refractivity contribution in [2.24, 2.45) is 5.73 Å². The molecule has 0 aliphatic carbocycles. The first-order chi connectivity index (χ1) is 14.4. The molecule has 30 heavy (non-hydrogen) atoms. The third kappa shape index (κ3) is 4.38. The number of carbonyl (C=O) groups is 2. The van der Waals surface area contributed by atoms with E-state index in [0.717, 1.165) is 11.1 Å². The van der Waals surface area contributed by atoms with E-state index in [1.165, 1.54) is 14.2 Å². The number of nitrogens with one attached hydrogen (secondary N) is 2. The Kier molecular flexibility index (Phi) is 6.26. The van der Waals surface area contributed by atoms with E-state index in [4.69, 9.17) is 15.9 Å². The molecule has 0 bridgehead atoms. The summed E-state index contributed by atoms with van der Waals surface area (Å²) in [5.41, 5.74) is 9.81. The summed E-state index contributed by atoms with van der Waals surface area (Å²) in [6.07, 6.45) is 0.862. The molecule has 0 aliphatic rings. The average molecular weight is 406 g/mol. The third-order valence-electron chi connectivity index (χ3n) is 4.71. The van der Waals surface area contributed by atoms with Gasteiger partial charge in [-0.2, -0.15) is 5.10 Å². The summed E-state index contributed by atoms with van der Waals surface area (Å²) in [6.45, 7) is 0. The molecular formula is C22H22N4O4. The third-order valence-corrected chi connectivity index (χ3v) is 4.71. The average Bonchev–Trinajstić information content (AvgIpc) is 3.22. The molecule has 1 aromatic heterocycles. The van der Waals surface area contributed by atoms with E-state index >= 15 is 0 Å². The van der Waals surface area contributed by atoms with Crippen LogP contribution in [0.1, 0.15) is 27.9 Å². The van der Waals surface area contributed by atoms with E-state index in [0.29, 0.717) is 40.9 Å². The largest absolute Gasteiger partial charge is 0.469 e. The highest BCUT2D eigenvalue weighted by atomic mass is 16.5. The Morgan fingerprint density at radius 1 is 1.00 bits per heavy atom. The topological polar surface area (TPSA) is 131 Å². The number of rotatable bonds is 7. The first kappa shape index (κ1) is 20.8. The smallest absolute Gasteiger partial charge is 0.342 e. The fourth-order valence-electron chi connectivity index (χ4n) is 3.05. The SMILES string of the molecule is COC(=O)CCc1ccc(-c2[nH]nc(-c3ccc(C(=N)N)cc3)c2C(=O)OC)cc1. The number of benzene rings is 2. The van der Waals surface area contributed by atoms with Gasteiger partial charge in [0.05, 0.1) is 19.9 Å². The number of amidine groups is 1. The summed E-state index contributed by atoms with van der Waals surface area (Å²) in [5.74, 6) is -0.815. The van der Waals surface area contributed by atoms with Crippen molar-refractivity contribution in [3.8, 4) is 22.5 Å². The normalized spacial score (nSPS) is 10.5. The molecule has 2 aromatic carbocycles. The number of carbonyl (C=O) groups excluding carboxylic acids is 2. The van der Waals surface area contributed by atoms with Gasteiger partial charge < -0.3 is 15.2 Å². The van der Waals surface area contributed by atoms with Crippen molar-refractivity contribution >= 4 is 17.8 Å². The van der Waals surface area contributed by atoms with Crippen LogP contribution in [-0.2, 0) is 20.7 Å². The van der Waals surface area contributed by atoms with Gasteiger partial charge >= 0.3 is 11.9 Å². The van der Waals surface area contributed by atoms with Crippen LogP contribution in [0.4, 0.5) is 0 Å². The van der Waals surface area contributed by atoms with E-state index in [9.17, 15) is 9.59 Å². The zero-order valence-electron chi connectivity index (χ0n) is 16.7. The van der Waals surface area contributed by atoms with Crippen LogP contribution in [0.25, 0.3) is 22.5 Å². The number of esters is 2. The number of H-pyrrole nitrogens is 1. The van der Waals surface area contributed by atoms with E-state index in [1.54, 1.807) is 24.3 Å². The first-order valence-corrected chi connectivity index (χ1v) is 9.22. The highest BCUT2D eigenvalue weighted by Gasteiger charge is 2.23. The van der Waals surface area contributed by atoms with Crippen LogP contribution in [-0.4, -0.2) is 42.2 Å². The van der Waals surface area contributed by atoms with Crippen LogP contribution in [0.3, 0.4) is 0 Å². The van der Waals surface area contributed by atoms with Gasteiger partial charge in [-0.1, -0.05) is 48.5 Å². The zero-order valence-corrected chi connectivity index (χ0v) is 16.7. The second-order valence-corrected chi connectivity index (χ2v) is 6.58. The second-order valence-electron chi connectivity index (χ2n) is 6.58. The molecule has 0 radical (unpaired) electrons. The Balaban J connectivity index is 1.95. The molecule has 8 heteroatoms. The van der Waals surface area contributed by atoms with Crippen molar-refractivity contribution in [2.75, 3.05) is 14.2 Å². The maximum atomic E-state index is 12.5. The van der Waals surface area contributed by atoms with Gasteiger partial charge in [-0.15, -0.1) is 0 Å². The molecule has 3 rings (SSSR count). The molecule has 0 unspecified atom stereocenters. The van der Waals surface area contributed by atoms with Gasteiger partial charge in [0.15, 0.2) is 0 Å². The molecule has 0 saturated heterocycles. The van der Waals surface area contributed by atoms with Crippen molar-refractivity contribution in [3.63, 3.8) is 0 Å². The highest BCUT2D eigenvalue weighted by Crippen LogP contribution is 2.31. The minimum atomic E-state index is -0.515. The minimum Gasteiger partial charge on any atom is -0.469 e. The molecule has 1 heterocycles. The molecule has 0 saturated carbocycles. The van der Waals surface area contributed by atoms with Crippen LogP contribution >= 0.6 is 0 Å². The number of nitrogens with two attached hydrogens (primary N) is 1. The number of ether oxygens (including phenoxy) is 2. The lowest BCUT2D eigenvalue weighted by Crippen LogP contribution is -2.10. The lowest BCUT2D eigenvalue weighted by atomic mass is 9.99. The summed E-state index contributed by atoms with van der Waals surface area (Å²) >= 11 is 0. The molecule has 0 fully saturated rings. The van der Waals surface area contributed by atoms with Crippen molar-refractivity contribution in [3.05, 3.63) is 65.2 Å². The predicted octanol–water partition coefficient (Wildman–Crippen LogP) is 2.92. The van der Waals surface area contributed by atoms with Crippen LogP contribution < -0.4 is 5.73 Å². The van der Waals surface area contributed by atoms with Gasteiger partial charge in [-0.3, -0.25) is 15.3 Å². The molecule has 0 atom stereocenters. The van der Waals surface area contributed by atoms with Crippen molar-refractivity contribution in [1.82, 2.24) is 10.2 Å². The lowest BCUT2D eigenvalue weighted by Gasteiger charge is -2.07. The Bertz CT molecular complexity index is 1070. The summed E-state index contributed by atoms with van der Waals surface area (Å²) in [4.78, 5) is 23.8. The number of aryl methyl sites for hydroxylation is 1. The second kappa shape index (κ2) is 9.04. The number of methoxy groups -OCH3 is 2. The zero-order chi connectivity index (χ0) is 21.7. The fourth-order valence-corrected chi connectivity index (χ4v) is 3.05. The number of nitrogen functional groups attached to an aromatic ring is 1. The summed E-state index contributed by atoms with van der Waals surface area (Å²) in [6, 6.07) is 14.4. The van der Waals surface area contributed by atoms with Gasteiger partial charge in [-0.05, 0) is 12.0 Å². The molecule has 0 spiro atoms. The Morgan fingerprint density at radius 3 is 2.20 bits per heavy atom. The number of hydrogen-bond acceptors (Lipinski definition) is 6. The van der Waals surface area contributed by atoms with E-state index in [2.05, 4.69) is 14.9 Å². The van der Waals surface area contributed by atoms with Crippen LogP contribution in [0.2, 0.25) is 0 Å². The molecule has 4 N–H and O–H groups in total. The standard InChI is InChI=1S/C22H22N4O4/c1-29-17(27)12-5-13-3-6-14(7-4-13)19-18(22(28)30-2)20(26-25-19)15-8-10-16(11-9-15)21(23)24/h3-4,6-11H,5,12H2,1-2H3,(H3,23,24)(H,25,26). The highest BCUT2D eigenvalue weighted by molar-refractivity contribution is 6.02. The fraction of sp³-hybridized carbons (Fsp3) is 0.182. The number of nitrogens with zero attached hydrogens (tertiary/aromatic N) is 1. The lowest BCUT2D eigenvalue weighted by molar-refractivity contribution is -0.140. The summed E-state index contributed by atoms with van der Waals surface area (Å²) in [5, 5.41) is 14.8. The van der Waals surface area contributed by atoms with E-state index in [-0.39, 0.29) is 11.8 Å². The summed E-state index contributed by atoms with van der Waals surface area (Å²) < 4.78 is 9.64. The molecule has 0 aliphatic heterocycles. The molecular weight excluding hydrogens is 384 g/mol.